The molecular formula is C21H15F4N3O. The Kier molecular flexibility index (Phi) is 4.70. The van der Waals surface area contributed by atoms with Crippen LogP contribution in [0.2, 0.25) is 0 Å². The van der Waals surface area contributed by atoms with Crippen LogP contribution in [0.3, 0.4) is 0 Å². The van der Waals surface area contributed by atoms with E-state index in [1.54, 1.807) is 24.4 Å². The normalized spacial score (nSPS) is 14.1. The number of carbonyl (C=O) groups excluding carboxylic acids is 1. The fourth-order valence-electron chi connectivity index (χ4n) is 3.17. The van der Waals surface area contributed by atoms with Gasteiger partial charge in [0.2, 0.25) is 0 Å². The average molecular weight is 401 g/mol. The van der Waals surface area contributed by atoms with Crippen LogP contribution in [0, 0.1) is 5.82 Å². The Morgan fingerprint density at radius 3 is 2.62 bits per heavy atom. The molecule has 2 aromatic heterocycles. The third-order valence-corrected chi connectivity index (χ3v) is 4.66. The van der Waals surface area contributed by atoms with Gasteiger partial charge in [0.15, 0.2) is 0 Å². The van der Waals surface area contributed by atoms with Crippen LogP contribution in [0.4, 0.5) is 17.6 Å². The van der Waals surface area contributed by atoms with Gasteiger partial charge in [0.25, 0.3) is 5.91 Å². The number of carbonyl (C=O) groups is 1. The van der Waals surface area contributed by atoms with Crippen LogP contribution >= 0.6 is 0 Å². The number of pyridine rings is 1. The monoisotopic (exact) mass is 401 g/mol. The van der Waals surface area contributed by atoms with E-state index in [-0.39, 0.29) is 11.5 Å². The number of alkyl halides is 3. The van der Waals surface area contributed by atoms with Crippen LogP contribution < -0.4 is 5.32 Å². The maximum Gasteiger partial charge on any atom is 0.416 e. The van der Waals surface area contributed by atoms with Gasteiger partial charge in [-0.05, 0) is 42.5 Å². The molecule has 0 radical (unpaired) electrons. The van der Waals surface area contributed by atoms with Crippen LogP contribution in [0.15, 0.2) is 42.6 Å². The summed E-state index contributed by atoms with van der Waals surface area (Å²) in [5.41, 5.74) is 2.50. The number of nitrogens with one attached hydrogen (secondary N) is 2. The molecule has 0 unspecified atom stereocenters. The predicted molar refractivity (Wildman–Crippen MR) is 100 cm³/mol. The molecule has 4 rings (SSSR count). The minimum Gasteiger partial charge on any atom is -0.358 e. The van der Waals surface area contributed by atoms with Gasteiger partial charge in [-0.15, -0.1) is 0 Å². The van der Waals surface area contributed by atoms with Crippen molar-refractivity contribution in [2.75, 3.05) is 6.54 Å². The summed E-state index contributed by atoms with van der Waals surface area (Å²) >= 11 is 0. The summed E-state index contributed by atoms with van der Waals surface area (Å²) in [6, 6.07) is 7.66. The molecule has 1 amide bonds. The van der Waals surface area contributed by atoms with Crippen molar-refractivity contribution < 1.29 is 22.4 Å². The molecule has 0 aliphatic carbocycles. The molecule has 4 nitrogen and oxygen atoms in total. The Balaban J connectivity index is 1.59. The number of aromatic nitrogens is 2. The number of amides is 1. The zero-order valence-corrected chi connectivity index (χ0v) is 15.0. The zero-order chi connectivity index (χ0) is 20.6. The van der Waals surface area contributed by atoms with E-state index in [9.17, 15) is 22.4 Å². The van der Waals surface area contributed by atoms with E-state index in [2.05, 4.69) is 15.3 Å². The fourth-order valence-corrected chi connectivity index (χ4v) is 3.17. The third-order valence-electron chi connectivity index (χ3n) is 4.66. The van der Waals surface area contributed by atoms with Crippen molar-refractivity contribution in [1.82, 2.24) is 15.3 Å². The highest BCUT2D eigenvalue weighted by atomic mass is 19.4. The number of aromatic amines is 1. The van der Waals surface area contributed by atoms with Gasteiger partial charge in [0, 0.05) is 41.7 Å². The van der Waals surface area contributed by atoms with E-state index >= 15 is 0 Å². The maximum absolute atomic E-state index is 14.0. The number of hydrogen-bond donors (Lipinski definition) is 2. The fraction of sp³-hybridized carbons (Fsp3) is 0.143. The highest BCUT2D eigenvalue weighted by Gasteiger charge is 2.31. The molecule has 2 N–H and O–H groups in total. The number of halogens is 4. The summed E-state index contributed by atoms with van der Waals surface area (Å²) in [5, 5.41) is 2.78. The lowest BCUT2D eigenvalue weighted by molar-refractivity contribution is -0.137. The average Bonchev–Trinajstić information content (AvgIpc) is 3.12. The third kappa shape index (κ3) is 3.91. The van der Waals surface area contributed by atoms with Gasteiger partial charge in [-0.3, -0.25) is 9.78 Å². The van der Waals surface area contributed by atoms with Crippen molar-refractivity contribution in [3.63, 3.8) is 0 Å². The number of fused-ring (bicyclic) bond motifs is 1. The molecule has 1 aromatic carbocycles. The van der Waals surface area contributed by atoms with Crippen LogP contribution in [-0.2, 0) is 12.6 Å². The van der Waals surface area contributed by atoms with Crippen LogP contribution in [0.1, 0.15) is 32.9 Å². The lowest BCUT2D eigenvalue weighted by atomic mass is 10.1. The Labute approximate surface area is 163 Å². The van der Waals surface area contributed by atoms with E-state index in [1.807, 2.05) is 0 Å². The Hall–Kier alpha value is -3.42. The standard InChI is InChI=1S/C21H15F4N3O/c22-17-10-14(21(23,24)25)3-1-12(17)2-4-15-9-13(5-7-26-15)19-11-16-18(28-19)6-8-27-20(16)29/h1-5,7,9-11,28H,6,8H2,(H,27,29). The van der Waals surface area contributed by atoms with Crippen LogP contribution in [-0.4, -0.2) is 22.4 Å². The number of hydrogen-bond acceptors (Lipinski definition) is 2. The largest absolute Gasteiger partial charge is 0.416 e. The quantitative estimate of drug-likeness (QED) is 0.626. The number of benzene rings is 1. The van der Waals surface area contributed by atoms with Crippen molar-refractivity contribution in [3.8, 4) is 11.3 Å². The van der Waals surface area contributed by atoms with E-state index in [0.29, 0.717) is 30.3 Å². The van der Waals surface area contributed by atoms with Crippen molar-refractivity contribution in [2.45, 2.75) is 12.6 Å². The molecule has 0 saturated carbocycles. The second kappa shape index (κ2) is 7.20. The number of rotatable bonds is 3. The molecule has 0 saturated heterocycles. The van der Waals surface area contributed by atoms with Crippen LogP contribution in [0.5, 0.6) is 0 Å². The van der Waals surface area contributed by atoms with Gasteiger partial charge in [0.1, 0.15) is 5.82 Å². The summed E-state index contributed by atoms with van der Waals surface area (Å²) in [4.78, 5) is 19.3. The smallest absolute Gasteiger partial charge is 0.358 e. The van der Waals surface area contributed by atoms with Crippen molar-refractivity contribution in [2.24, 2.45) is 0 Å². The summed E-state index contributed by atoms with van der Waals surface area (Å²) in [6.07, 6.45) is 0.578. The first-order chi connectivity index (χ1) is 13.8. The molecular weight excluding hydrogens is 386 g/mol. The molecule has 0 spiro atoms. The summed E-state index contributed by atoms with van der Waals surface area (Å²) < 4.78 is 51.9. The van der Waals surface area contributed by atoms with Gasteiger partial charge < -0.3 is 10.3 Å². The van der Waals surface area contributed by atoms with Gasteiger partial charge in [0.05, 0.1) is 16.8 Å². The van der Waals surface area contributed by atoms with Crippen molar-refractivity contribution in [3.05, 3.63) is 76.5 Å². The molecule has 3 heterocycles. The lowest BCUT2D eigenvalue weighted by Gasteiger charge is -2.10. The van der Waals surface area contributed by atoms with E-state index < -0.39 is 17.6 Å². The first kappa shape index (κ1) is 18.9. The second-order valence-corrected chi connectivity index (χ2v) is 6.62. The Bertz CT molecular complexity index is 1120. The van der Waals surface area contributed by atoms with E-state index in [1.165, 1.54) is 12.2 Å². The van der Waals surface area contributed by atoms with Gasteiger partial charge in [-0.2, -0.15) is 13.2 Å². The number of nitrogens with zero attached hydrogens (tertiary/aromatic N) is 1. The van der Waals surface area contributed by atoms with Gasteiger partial charge in [-0.25, -0.2) is 4.39 Å². The zero-order valence-electron chi connectivity index (χ0n) is 15.0. The minimum atomic E-state index is -4.59. The summed E-state index contributed by atoms with van der Waals surface area (Å²) in [5.74, 6) is -1.09. The molecule has 1 aliphatic heterocycles. The highest BCUT2D eigenvalue weighted by Crippen LogP contribution is 2.30. The lowest BCUT2D eigenvalue weighted by Crippen LogP contribution is -2.31. The Morgan fingerprint density at radius 1 is 1.07 bits per heavy atom. The molecule has 0 fully saturated rings. The van der Waals surface area contributed by atoms with E-state index in [4.69, 9.17) is 0 Å². The van der Waals surface area contributed by atoms with Crippen molar-refractivity contribution >= 4 is 18.1 Å². The molecule has 1 aliphatic rings. The minimum absolute atomic E-state index is 0.0252. The highest BCUT2D eigenvalue weighted by molar-refractivity contribution is 5.97. The molecule has 8 heteroatoms. The summed E-state index contributed by atoms with van der Waals surface area (Å²) in [7, 11) is 0. The molecule has 0 atom stereocenters. The first-order valence-corrected chi connectivity index (χ1v) is 8.82. The molecule has 148 valence electrons. The first-order valence-electron chi connectivity index (χ1n) is 8.82. The SMILES string of the molecule is O=C1NCCc2[nH]c(-c3ccnc(C=Cc4ccc(C(F)(F)F)cc4F)c3)cc21. The van der Waals surface area contributed by atoms with Crippen molar-refractivity contribution in [1.29, 1.82) is 0 Å². The molecule has 29 heavy (non-hydrogen) atoms. The van der Waals surface area contributed by atoms with E-state index in [0.717, 1.165) is 29.1 Å². The topological polar surface area (TPSA) is 57.8 Å². The number of H-pyrrole nitrogens is 1. The molecule has 0 bridgehead atoms. The van der Waals surface area contributed by atoms with Gasteiger partial charge in [-0.1, -0.05) is 6.07 Å². The maximum atomic E-state index is 14.0. The Morgan fingerprint density at radius 2 is 1.90 bits per heavy atom. The molecule has 3 aromatic rings. The predicted octanol–water partition coefficient (Wildman–Crippen LogP) is 4.69. The van der Waals surface area contributed by atoms with Crippen LogP contribution in [0.25, 0.3) is 23.4 Å². The van der Waals surface area contributed by atoms with Gasteiger partial charge >= 0.3 is 6.18 Å². The second-order valence-electron chi connectivity index (χ2n) is 6.62. The summed E-state index contributed by atoms with van der Waals surface area (Å²) in [6.45, 7) is 0.578.